The number of rotatable bonds is 10. The molecule has 0 radical (unpaired) electrons. The van der Waals surface area contributed by atoms with Crippen molar-refractivity contribution in [2.75, 3.05) is 18.0 Å². The molecule has 7 nitrogen and oxygen atoms in total. The molecule has 2 aliphatic heterocycles. The summed E-state index contributed by atoms with van der Waals surface area (Å²) in [5.41, 5.74) is 2.76. The number of aliphatic hydroxyl groups is 1. The normalized spacial score (nSPS) is 19.1. The Morgan fingerprint density at radius 3 is 2.62 bits per heavy atom. The summed E-state index contributed by atoms with van der Waals surface area (Å²) in [6, 6.07) is 19.6. The van der Waals surface area contributed by atoms with E-state index in [0.717, 1.165) is 23.3 Å². The van der Waals surface area contributed by atoms with Crippen LogP contribution in [0.3, 0.4) is 0 Å². The first-order valence-corrected chi connectivity index (χ1v) is 14.8. The van der Waals surface area contributed by atoms with Gasteiger partial charge in [-0.15, -0.1) is 0 Å². The van der Waals surface area contributed by atoms with Gasteiger partial charge in [0.2, 0.25) is 5.91 Å². The van der Waals surface area contributed by atoms with E-state index < -0.39 is 23.9 Å². The Morgan fingerprint density at radius 1 is 1.12 bits per heavy atom. The fourth-order valence-electron chi connectivity index (χ4n) is 5.92. The summed E-state index contributed by atoms with van der Waals surface area (Å²) >= 11 is 0. The lowest BCUT2D eigenvalue weighted by Gasteiger charge is -2.39. The maximum Gasteiger partial charge on any atom is 0.254 e. The molecule has 5 rings (SSSR count). The highest BCUT2D eigenvalue weighted by Crippen LogP contribution is 2.40. The van der Waals surface area contributed by atoms with Crippen LogP contribution in [0.4, 0.5) is 10.1 Å². The molecule has 42 heavy (non-hydrogen) atoms. The van der Waals surface area contributed by atoms with Gasteiger partial charge in [0.25, 0.3) is 5.91 Å². The summed E-state index contributed by atoms with van der Waals surface area (Å²) in [5, 5.41) is 17.9. The predicted molar refractivity (Wildman–Crippen MR) is 161 cm³/mol. The average Bonchev–Trinajstić information content (AvgIpc) is 3.40. The van der Waals surface area contributed by atoms with Crippen molar-refractivity contribution in [3.05, 3.63) is 94.8 Å². The SMILES string of the molecule is CCc1ccc2c(c1)[C@@H](NC[C@@H](O)[C@H](Cc1ccccc1)NC(=O)c1cccc(N3CCCC3=O)c1F)CC(C)(C)O2. The summed E-state index contributed by atoms with van der Waals surface area (Å²) < 4.78 is 21.8. The summed E-state index contributed by atoms with van der Waals surface area (Å²) in [6.45, 7) is 6.84. The van der Waals surface area contributed by atoms with E-state index in [0.29, 0.717) is 32.2 Å². The van der Waals surface area contributed by atoms with E-state index in [1.54, 1.807) is 6.07 Å². The van der Waals surface area contributed by atoms with Gasteiger partial charge >= 0.3 is 0 Å². The molecule has 3 N–H and O–H groups in total. The van der Waals surface area contributed by atoms with Gasteiger partial charge in [-0.25, -0.2) is 4.39 Å². The Hall–Kier alpha value is -3.75. The highest BCUT2D eigenvalue weighted by molar-refractivity contribution is 5.99. The molecule has 2 amide bonds. The molecule has 0 aromatic heterocycles. The van der Waals surface area contributed by atoms with Crippen molar-refractivity contribution in [1.82, 2.24) is 10.6 Å². The number of ether oxygens (including phenoxy) is 1. The van der Waals surface area contributed by atoms with Crippen molar-refractivity contribution in [2.24, 2.45) is 0 Å². The Balaban J connectivity index is 1.35. The van der Waals surface area contributed by atoms with Crippen LogP contribution in [-0.4, -0.2) is 47.8 Å². The zero-order valence-electron chi connectivity index (χ0n) is 24.5. The number of carbonyl (C=O) groups is 2. The zero-order chi connectivity index (χ0) is 29.9. The molecule has 222 valence electrons. The first-order chi connectivity index (χ1) is 20.1. The van der Waals surface area contributed by atoms with Crippen LogP contribution >= 0.6 is 0 Å². The standard InChI is InChI=1S/C34H40FN3O4/c1-4-22-15-16-30-25(18-22)27(20-34(2,3)42-30)36-21-29(39)26(19-23-10-6-5-7-11-23)37-33(41)24-12-8-13-28(32(24)35)38-17-9-14-31(38)40/h5-8,10-13,15-16,18,26-27,29,36,39H,4,9,14,17,19-21H2,1-3H3,(H,37,41)/t26-,27-,29+/m0/s1. The third-order valence-electron chi connectivity index (χ3n) is 8.18. The van der Waals surface area contributed by atoms with Gasteiger partial charge in [-0.2, -0.15) is 0 Å². The van der Waals surface area contributed by atoms with Crippen molar-refractivity contribution in [3.8, 4) is 5.75 Å². The Kier molecular flexibility index (Phi) is 8.94. The van der Waals surface area contributed by atoms with E-state index in [1.807, 2.05) is 50.2 Å². The number of amides is 2. The molecule has 0 unspecified atom stereocenters. The predicted octanol–water partition coefficient (Wildman–Crippen LogP) is 5.11. The van der Waals surface area contributed by atoms with E-state index in [-0.39, 0.29) is 35.3 Å². The first kappa shape index (κ1) is 29.7. The highest BCUT2D eigenvalue weighted by Gasteiger charge is 2.35. The van der Waals surface area contributed by atoms with Gasteiger partial charge in [0, 0.05) is 37.5 Å². The van der Waals surface area contributed by atoms with Crippen molar-refractivity contribution >= 4 is 17.5 Å². The van der Waals surface area contributed by atoms with Crippen LogP contribution in [0.15, 0.2) is 66.7 Å². The zero-order valence-corrected chi connectivity index (χ0v) is 24.5. The lowest BCUT2D eigenvalue weighted by molar-refractivity contribution is -0.117. The second-order valence-corrected chi connectivity index (χ2v) is 11.9. The van der Waals surface area contributed by atoms with Gasteiger partial charge in [0.05, 0.1) is 23.4 Å². The molecule has 3 aromatic carbocycles. The topological polar surface area (TPSA) is 90.9 Å². The van der Waals surface area contributed by atoms with Crippen LogP contribution in [-0.2, 0) is 17.6 Å². The van der Waals surface area contributed by atoms with E-state index in [4.69, 9.17) is 4.74 Å². The lowest BCUT2D eigenvalue weighted by atomic mass is 9.88. The molecule has 1 fully saturated rings. The third kappa shape index (κ3) is 6.66. The van der Waals surface area contributed by atoms with Gasteiger partial charge in [-0.1, -0.05) is 55.5 Å². The second kappa shape index (κ2) is 12.6. The molecule has 3 aromatic rings. The largest absolute Gasteiger partial charge is 0.487 e. The van der Waals surface area contributed by atoms with E-state index in [2.05, 4.69) is 29.7 Å². The fraction of sp³-hybridized carbons (Fsp3) is 0.412. The number of halogens is 1. The van der Waals surface area contributed by atoms with E-state index in [1.165, 1.54) is 22.6 Å². The molecule has 1 saturated heterocycles. The van der Waals surface area contributed by atoms with Crippen LogP contribution in [0.5, 0.6) is 5.75 Å². The molecule has 0 spiro atoms. The summed E-state index contributed by atoms with van der Waals surface area (Å²) in [5.74, 6) is -0.689. The number of carbonyl (C=O) groups excluding carboxylic acids is 2. The van der Waals surface area contributed by atoms with Crippen LogP contribution in [0, 0.1) is 5.82 Å². The minimum atomic E-state index is -0.968. The fourth-order valence-corrected chi connectivity index (χ4v) is 5.92. The van der Waals surface area contributed by atoms with E-state index in [9.17, 15) is 14.7 Å². The quantitative estimate of drug-likeness (QED) is 0.314. The number of benzene rings is 3. The Morgan fingerprint density at radius 2 is 1.90 bits per heavy atom. The molecular formula is C34H40FN3O4. The van der Waals surface area contributed by atoms with Gasteiger partial charge in [0.15, 0.2) is 5.82 Å². The van der Waals surface area contributed by atoms with Gasteiger partial charge in [-0.3, -0.25) is 9.59 Å². The maximum atomic E-state index is 15.6. The number of hydrogen-bond donors (Lipinski definition) is 3. The first-order valence-electron chi connectivity index (χ1n) is 14.8. The molecule has 2 aliphatic rings. The highest BCUT2D eigenvalue weighted by atomic mass is 19.1. The maximum absolute atomic E-state index is 15.6. The van der Waals surface area contributed by atoms with Crippen LogP contribution < -0.4 is 20.3 Å². The number of aryl methyl sites for hydroxylation is 1. The van der Waals surface area contributed by atoms with E-state index >= 15 is 4.39 Å². The number of nitrogens with one attached hydrogen (secondary N) is 2. The minimum absolute atomic E-state index is 0.0508. The molecule has 0 saturated carbocycles. The molecular weight excluding hydrogens is 533 g/mol. The smallest absolute Gasteiger partial charge is 0.254 e. The van der Waals surface area contributed by atoms with Crippen molar-refractivity contribution in [1.29, 1.82) is 0 Å². The van der Waals surface area contributed by atoms with Gasteiger partial charge < -0.3 is 25.4 Å². The monoisotopic (exact) mass is 573 g/mol. The second-order valence-electron chi connectivity index (χ2n) is 11.9. The van der Waals surface area contributed by atoms with Crippen LogP contribution in [0.25, 0.3) is 0 Å². The van der Waals surface area contributed by atoms with Crippen molar-refractivity contribution in [3.63, 3.8) is 0 Å². The number of aliphatic hydroxyl groups excluding tert-OH is 1. The third-order valence-corrected chi connectivity index (χ3v) is 8.18. The number of nitrogens with zero attached hydrogens (tertiary/aromatic N) is 1. The summed E-state index contributed by atoms with van der Waals surface area (Å²) in [6.07, 6.45) is 2.02. The lowest BCUT2D eigenvalue weighted by Crippen LogP contribution is -2.50. The summed E-state index contributed by atoms with van der Waals surface area (Å²) in [4.78, 5) is 27.1. The van der Waals surface area contributed by atoms with Crippen molar-refractivity contribution < 1.29 is 23.8 Å². The van der Waals surface area contributed by atoms with Gasteiger partial charge in [0.1, 0.15) is 11.4 Å². The number of hydrogen-bond acceptors (Lipinski definition) is 5. The van der Waals surface area contributed by atoms with Crippen molar-refractivity contribution in [2.45, 2.75) is 76.7 Å². The molecule has 8 heteroatoms. The Labute approximate surface area is 247 Å². The molecule has 2 heterocycles. The Bertz CT molecular complexity index is 1430. The average molecular weight is 574 g/mol. The van der Waals surface area contributed by atoms with Crippen LogP contribution in [0.1, 0.15) is 73.1 Å². The van der Waals surface area contributed by atoms with Gasteiger partial charge in [-0.05, 0) is 62.4 Å². The number of anilines is 1. The van der Waals surface area contributed by atoms with Crippen LogP contribution in [0.2, 0.25) is 0 Å². The molecule has 0 bridgehead atoms. The minimum Gasteiger partial charge on any atom is -0.487 e. The summed E-state index contributed by atoms with van der Waals surface area (Å²) in [7, 11) is 0. The molecule has 0 aliphatic carbocycles. The number of fused-ring (bicyclic) bond motifs is 1. The molecule has 3 atom stereocenters.